The first-order valence-corrected chi connectivity index (χ1v) is 16.9. The number of aromatic nitrogens is 1. The van der Waals surface area contributed by atoms with E-state index in [-0.39, 0.29) is 37.3 Å². The minimum atomic E-state index is -1.06. The predicted molar refractivity (Wildman–Crippen MR) is 197 cm³/mol. The first-order chi connectivity index (χ1) is 24.1. The zero-order chi connectivity index (χ0) is 35.6. The van der Waals surface area contributed by atoms with Crippen LogP contribution in [-0.2, 0) is 47.2 Å². The van der Waals surface area contributed by atoms with E-state index < -0.39 is 41.2 Å². The number of hydrogen-bond donors (Lipinski definition) is 6. The molecule has 1 heterocycles. The second-order valence-electron chi connectivity index (χ2n) is 12.3. The molecule has 10 nitrogen and oxygen atoms in total. The van der Waals surface area contributed by atoms with Crippen LogP contribution in [0, 0.1) is 0 Å². The Morgan fingerprint density at radius 2 is 1.26 bits per heavy atom. The first kappa shape index (κ1) is 35.9. The van der Waals surface area contributed by atoms with E-state index in [4.69, 9.17) is 5.73 Å². The fourth-order valence-electron chi connectivity index (χ4n) is 5.88. The molecule has 3 amide bonds. The summed E-state index contributed by atoms with van der Waals surface area (Å²) in [7, 11) is 1.91. The maximum Gasteiger partial charge on any atom is 0.335 e. The maximum absolute atomic E-state index is 14.2. The number of fused-ring (bicyclic) bond motifs is 1. The second kappa shape index (κ2) is 16.8. The summed E-state index contributed by atoms with van der Waals surface area (Å²) in [6, 6.07) is 30.2. The number of aryl methyl sites for hydroxylation is 1. The van der Waals surface area contributed by atoms with Crippen LogP contribution in [0.15, 0.2) is 115 Å². The number of hydrogen-bond acceptors (Lipinski definition) is 6. The molecule has 6 N–H and O–H groups in total. The summed E-state index contributed by atoms with van der Waals surface area (Å²) in [5.74, 6) is -2.47. The van der Waals surface area contributed by atoms with Crippen LogP contribution < -0.4 is 21.7 Å². The van der Waals surface area contributed by atoms with Crippen molar-refractivity contribution in [2.75, 3.05) is 0 Å². The summed E-state index contributed by atoms with van der Waals surface area (Å²) >= 11 is 4.54. The Kier molecular flexibility index (Phi) is 12.1. The number of nitrogens with zero attached hydrogens (tertiary/aromatic N) is 1. The molecule has 4 aromatic carbocycles. The molecular weight excluding hydrogens is 651 g/mol. The first-order valence-electron chi connectivity index (χ1n) is 16.3. The third-order valence-electron chi connectivity index (χ3n) is 8.61. The SMILES string of the molecule is Cn1cc(CC(NC(=O)[C@@H](S)[C@@H](N)Cc2ccc(C(=O)O)cc2)C(=O)NC(Cc2ccccc2)C(=O)NCc2ccccc2)c2ccccc21. The van der Waals surface area contributed by atoms with Gasteiger partial charge in [-0.25, -0.2) is 4.79 Å². The van der Waals surface area contributed by atoms with E-state index in [1.807, 2.05) is 103 Å². The molecule has 0 aliphatic rings. The molecule has 0 fully saturated rings. The van der Waals surface area contributed by atoms with Gasteiger partial charge in [0.1, 0.15) is 12.1 Å². The predicted octanol–water partition coefficient (Wildman–Crippen LogP) is 3.82. The molecule has 0 saturated heterocycles. The van der Waals surface area contributed by atoms with Crippen molar-refractivity contribution >= 4 is 47.2 Å². The fraction of sp³-hybridized carbons (Fsp3) is 0.231. The van der Waals surface area contributed by atoms with Gasteiger partial charge in [-0.05, 0) is 46.9 Å². The Morgan fingerprint density at radius 3 is 1.92 bits per heavy atom. The number of aromatic carboxylic acids is 1. The lowest BCUT2D eigenvalue weighted by molar-refractivity contribution is -0.132. The molecule has 2 unspecified atom stereocenters. The molecule has 0 aliphatic carbocycles. The quantitative estimate of drug-likeness (QED) is 0.0918. The Labute approximate surface area is 296 Å². The Morgan fingerprint density at radius 1 is 0.700 bits per heavy atom. The summed E-state index contributed by atoms with van der Waals surface area (Å²) in [6.07, 6.45) is 2.57. The maximum atomic E-state index is 14.2. The molecule has 0 saturated carbocycles. The van der Waals surface area contributed by atoms with Crippen LogP contribution in [0.1, 0.15) is 32.6 Å². The Hall–Kier alpha value is -5.39. The molecule has 5 rings (SSSR count). The molecule has 5 aromatic rings. The highest BCUT2D eigenvalue weighted by Crippen LogP contribution is 2.22. The van der Waals surface area contributed by atoms with E-state index in [9.17, 15) is 24.3 Å². The molecule has 0 spiro atoms. The lowest BCUT2D eigenvalue weighted by Crippen LogP contribution is -2.57. The largest absolute Gasteiger partial charge is 0.478 e. The molecule has 0 aliphatic heterocycles. The standard InChI is InChI=1S/C39H41N5O5S/c1-44-24-29(30-14-8-9-15-34(30)44)22-33(43-38(47)35(50)31(40)20-26-16-18-28(19-17-26)39(48)49)37(46)42-32(21-25-10-4-2-5-11-25)36(45)41-23-27-12-6-3-7-13-27/h2-19,24,31-33,35,50H,20-23,40H2,1H3,(H,41,45)(H,42,46)(H,43,47)(H,48,49)/t31-,32?,33?,35-/m0/s1. The number of carboxylic acids is 1. The number of nitrogens with one attached hydrogen (secondary N) is 3. The number of amides is 3. The van der Waals surface area contributed by atoms with Gasteiger partial charge < -0.3 is 31.4 Å². The minimum Gasteiger partial charge on any atom is -0.478 e. The number of benzene rings is 4. The number of carbonyl (C=O) groups is 4. The van der Waals surface area contributed by atoms with Crippen molar-refractivity contribution in [3.05, 3.63) is 143 Å². The van der Waals surface area contributed by atoms with Crippen LogP contribution in [-0.4, -0.2) is 56.7 Å². The highest BCUT2D eigenvalue weighted by molar-refractivity contribution is 7.81. The van der Waals surface area contributed by atoms with Crippen molar-refractivity contribution in [3.8, 4) is 0 Å². The lowest BCUT2D eigenvalue weighted by Gasteiger charge is -2.26. The third kappa shape index (κ3) is 9.40. The van der Waals surface area contributed by atoms with Gasteiger partial charge in [-0.2, -0.15) is 12.6 Å². The van der Waals surface area contributed by atoms with Gasteiger partial charge in [0.2, 0.25) is 17.7 Å². The monoisotopic (exact) mass is 691 g/mol. The van der Waals surface area contributed by atoms with Gasteiger partial charge in [-0.1, -0.05) is 91.0 Å². The van der Waals surface area contributed by atoms with Crippen molar-refractivity contribution < 1.29 is 24.3 Å². The van der Waals surface area contributed by atoms with E-state index in [1.54, 1.807) is 12.1 Å². The highest BCUT2D eigenvalue weighted by atomic mass is 32.1. The van der Waals surface area contributed by atoms with Gasteiger partial charge >= 0.3 is 5.97 Å². The number of carboxylic acid groups (broad SMARTS) is 1. The van der Waals surface area contributed by atoms with Crippen LogP contribution in [0.3, 0.4) is 0 Å². The summed E-state index contributed by atoms with van der Waals surface area (Å²) in [6.45, 7) is 0.287. The highest BCUT2D eigenvalue weighted by Gasteiger charge is 2.31. The van der Waals surface area contributed by atoms with Crippen LogP contribution >= 0.6 is 12.6 Å². The van der Waals surface area contributed by atoms with Crippen LogP contribution in [0.2, 0.25) is 0 Å². The molecular formula is C39H41N5O5S. The summed E-state index contributed by atoms with van der Waals surface area (Å²) < 4.78 is 1.96. The number of carbonyl (C=O) groups excluding carboxylic acids is 3. The van der Waals surface area contributed by atoms with Gasteiger partial charge in [0.25, 0.3) is 0 Å². The number of para-hydroxylation sites is 1. The summed E-state index contributed by atoms with van der Waals surface area (Å²) in [4.78, 5) is 52.6. The smallest absolute Gasteiger partial charge is 0.335 e. The third-order valence-corrected chi connectivity index (χ3v) is 9.23. The summed E-state index contributed by atoms with van der Waals surface area (Å²) in [5.41, 5.74) is 10.9. The topological polar surface area (TPSA) is 156 Å². The Bertz CT molecular complexity index is 1930. The fourth-order valence-corrected chi connectivity index (χ4v) is 6.06. The lowest BCUT2D eigenvalue weighted by atomic mass is 10.00. The minimum absolute atomic E-state index is 0.143. The number of rotatable bonds is 15. The Balaban J connectivity index is 1.36. The van der Waals surface area contributed by atoms with E-state index in [1.165, 1.54) is 12.1 Å². The molecule has 1 aromatic heterocycles. The van der Waals surface area contributed by atoms with E-state index in [0.29, 0.717) is 0 Å². The number of thiol groups is 1. The van der Waals surface area contributed by atoms with Gasteiger partial charge in [0, 0.05) is 49.6 Å². The zero-order valence-corrected chi connectivity index (χ0v) is 28.6. The normalized spacial score (nSPS) is 13.5. The molecule has 4 atom stereocenters. The molecule has 0 radical (unpaired) electrons. The van der Waals surface area contributed by atoms with Gasteiger partial charge in [0.05, 0.1) is 10.8 Å². The van der Waals surface area contributed by atoms with Gasteiger partial charge in [-0.3, -0.25) is 14.4 Å². The molecule has 11 heteroatoms. The molecule has 258 valence electrons. The van der Waals surface area contributed by atoms with Crippen molar-refractivity contribution in [2.45, 2.75) is 49.2 Å². The van der Waals surface area contributed by atoms with E-state index in [0.717, 1.165) is 33.2 Å². The van der Waals surface area contributed by atoms with Crippen molar-refractivity contribution in [1.29, 1.82) is 0 Å². The van der Waals surface area contributed by atoms with Crippen molar-refractivity contribution in [1.82, 2.24) is 20.5 Å². The molecule has 0 bridgehead atoms. The van der Waals surface area contributed by atoms with Crippen molar-refractivity contribution in [2.24, 2.45) is 12.8 Å². The van der Waals surface area contributed by atoms with Crippen LogP contribution in [0.4, 0.5) is 0 Å². The van der Waals surface area contributed by atoms with Gasteiger partial charge in [-0.15, -0.1) is 0 Å². The van der Waals surface area contributed by atoms with Crippen molar-refractivity contribution in [3.63, 3.8) is 0 Å². The zero-order valence-electron chi connectivity index (χ0n) is 27.7. The van der Waals surface area contributed by atoms with Crippen LogP contribution in [0.25, 0.3) is 10.9 Å². The average molecular weight is 692 g/mol. The summed E-state index contributed by atoms with van der Waals surface area (Å²) in [5, 5.41) is 17.9. The molecule has 50 heavy (non-hydrogen) atoms. The average Bonchev–Trinajstić information content (AvgIpc) is 3.45. The van der Waals surface area contributed by atoms with E-state index >= 15 is 0 Å². The second-order valence-corrected chi connectivity index (χ2v) is 12.9. The van der Waals surface area contributed by atoms with E-state index in [2.05, 4.69) is 28.6 Å². The number of nitrogens with two attached hydrogens (primary N) is 1. The van der Waals surface area contributed by atoms with Gasteiger partial charge in [0.15, 0.2) is 0 Å². The van der Waals surface area contributed by atoms with Crippen LogP contribution in [0.5, 0.6) is 0 Å².